The molecule has 0 aliphatic heterocycles. The summed E-state index contributed by atoms with van der Waals surface area (Å²) in [7, 11) is 0. The van der Waals surface area contributed by atoms with Crippen molar-refractivity contribution in [2.75, 3.05) is 0 Å². The quantitative estimate of drug-likeness (QED) is 0.383. The molecule has 0 saturated carbocycles. The zero-order valence-corrected chi connectivity index (χ0v) is 18.5. The van der Waals surface area contributed by atoms with Gasteiger partial charge in [-0.05, 0) is 0 Å². The molecule has 1 aromatic carbocycles. The van der Waals surface area contributed by atoms with Gasteiger partial charge < -0.3 is 0 Å². The van der Waals surface area contributed by atoms with Gasteiger partial charge in [0.25, 0.3) is 0 Å². The van der Waals surface area contributed by atoms with Crippen LogP contribution in [0.4, 0.5) is 0 Å². The van der Waals surface area contributed by atoms with Crippen molar-refractivity contribution in [2.24, 2.45) is 0 Å². The van der Waals surface area contributed by atoms with Crippen LogP contribution in [0.1, 0.15) is 59.3 Å². The van der Waals surface area contributed by atoms with Crippen LogP contribution < -0.4 is 3.78 Å². The first-order valence-electron chi connectivity index (χ1n) is 9.77. The van der Waals surface area contributed by atoms with Crippen LogP contribution in [0.3, 0.4) is 0 Å². The molecule has 0 fully saturated rings. The van der Waals surface area contributed by atoms with Crippen LogP contribution in [-0.4, -0.2) is 23.4 Å². The zero-order chi connectivity index (χ0) is 17.3. The van der Waals surface area contributed by atoms with Crippen LogP contribution in [0.5, 0.6) is 0 Å². The Morgan fingerprint density at radius 1 is 0.833 bits per heavy atom. The number of aromatic nitrogens is 1. The van der Waals surface area contributed by atoms with E-state index in [1.807, 2.05) is 6.07 Å². The van der Waals surface area contributed by atoms with Gasteiger partial charge in [0.1, 0.15) is 0 Å². The third kappa shape index (κ3) is 5.11. The van der Waals surface area contributed by atoms with Crippen LogP contribution >= 0.6 is 0 Å². The van der Waals surface area contributed by atoms with Gasteiger partial charge in [-0.3, -0.25) is 0 Å². The average molecular weight is 434 g/mol. The molecule has 2 nitrogen and oxygen atoms in total. The maximum atomic E-state index is 6.41. The number of benzene rings is 1. The van der Waals surface area contributed by atoms with Crippen molar-refractivity contribution in [1.82, 2.24) is 4.98 Å². The Labute approximate surface area is 151 Å². The Kier molecular flexibility index (Phi) is 8.37. The molecule has 2 aromatic rings. The van der Waals surface area contributed by atoms with Gasteiger partial charge in [0, 0.05) is 0 Å². The third-order valence-corrected chi connectivity index (χ3v) is 19.9. The monoisotopic (exact) mass is 435 g/mol. The molecule has 0 atom stereocenters. The summed E-state index contributed by atoms with van der Waals surface area (Å²) in [6.07, 6.45) is 10.0. The SMILES string of the molecule is CCC[CH2][Sn]([CH2]CCC)([CH2]CCC)[c]1cnc(-c2ccccc2)o1. The van der Waals surface area contributed by atoms with Gasteiger partial charge in [0.05, 0.1) is 0 Å². The summed E-state index contributed by atoms with van der Waals surface area (Å²) < 4.78 is 12.0. The number of hydrogen-bond acceptors (Lipinski definition) is 2. The minimum absolute atomic E-state index is 0.816. The summed E-state index contributed by atoms with van der Waals surface area (Å²) in [6, 6.07) is 10.3. The number of hydrogen-bond donors (Lipinski definition) is 0. The first-order chi connectivity index (χ1) is 11.8. The van der Waals surface area contributed by atoms with Crippen LogP contribution in [0.25, 0.3) is 11.5 Å². The molecule has 0 bridgehead atoms. The molecule has 1 aromatic heterocycles. The molecule has 0 unspecified atom stereocenters. The normalized spacial score (nSPS) is 11.8. The van der Waals surface area contributed by atoms with E-state index in [4.69, 9.17) is 4.42 Å². The Hall–Kier alpha value is -0.771. The molecule has 0 amide bonds. The van der Waals surface area contributed by atoms with Gasteiger partial charge in [-0.2, -0.15) is 0 Å². The van der Waals surface area contributed by atoms with Crippen molar-refractivity contribution in [3.05, 3.63) is 36.5 Å². The Morgan fingerprint density at radius 2 is 1.38 bits per heavy atom. The third-order valence-electron chi connectivity index (χ3n) is 5.08. The minimum atomic E-state index is -2.47. The first kappa shape index (κ1) is 19.6. The van der Waals surface area contributed by atoms with Gasteiger partial charge in [0.15, 0.2) is 0 Å². The topological polar surface area (TPSA) is 26.0 Å². The molecule has 0 aliphatic rings. The molecule has 0 aliphatic carbocycles. The van der Waals surface area contributed by atoms with Crippen molar-refractivity contribution < 1.29 is 4.42 Å². The first-order valence-corrected chi connectivity index (χ1v) is 17.3. The number of rotatable bonds is 11. The Morgan fingerprint density at radius 3 is 1.88 bits per heavy atom. The van der Waals surface area contributed by atoms with E-state index in [1.54, 1.807) is 0 Å². The Bertz CT molecular complexity index is 557. The van der Waals surface area contributed by atoms with Gasteiger partial charge in [-0.15, -0.1) is 0 Å². The molecule has 2 rings (SSSR count). The standard InChI is InChI=1S/C9H6NO.3C4H9.Sn/c1-2-4-8(5-3-1)9-10-6-7-11-9;3*1-3-4-2;/h1-6H;3*1,3-4H2,2H3;. The van der Waals surface area contributed by atoms with Crippen LogP contribution in [0.2, 0.25) is 13.3 Å². The van der Waals surface area contributed by atoms with Crippen molar-refractivity contribution in [3.8, 4) is 11.5 Å². The average Bonchev–Trinajstić information content (AvgIpc) is 3.13. The zero-order valence-electron chi connectivity index (χ0n) is 15.7. The summed E-state index contributed by atoms with van der Waals surface area (Å²) in [5, 5.41) is 0. The van der Waals surface area contributed by atoms with Gasteiger partial charge >= 0.3 is 152 Å². The molecular formula is C21H33NOSn. The molecule has 0 spiro atoms. The summed E-state index contributed by atoms with van der Waals surface area (Å²) in [5.41, 5.74) is 1.10. The number of nitrogens with zero attached hydrogens (tertiary/aromatic N) is 1. The second kappa shape index (κ2) is 10.3. The molecule has 0 saturated heterocycles. The van der Waals surface area contributed by atoms with E-state index in [9.17, 15) is 0 Å². The van der Waals surface area contributed by atoms with E-state index in [-0.39, 0.29) is 0 Å². The van der Waals surface area contributed by atoms with E-state index in [1.165, 1.54) is 55.6 Å². The van der Waals surface area contributed by atoms with E-state index in [0.717, 1.165) is 11.5 Å². The van der Waals surface area contributed by atoms with Crippen molar-refractivity contribution >= 4 is 22.2 Å². The molecule has 132 valence electrons. The van der Waals surface area contributed by atoms with E-state index in [0.29, 0.717) is 0 Å². The molecule has 0 radical (unpaired) electrons. The van der Waals surface area contributed by atoms with E-state index in [2.05, 4.69) is 56.2 Å². The Balaban J connectivity index is 2.31. The molecule has 0 N–H and O–H groups in total. The second-order valence-corrected chi connectivity index (χ2v) is 20.0. The predicted octanol–water partition coefficient (Wildman–Crippen LogP) is 6.40. The molecular weight excluding hydrogens is 401 g/mol. The van der Waals surface area contributed by atoms with E-state index >= 15 is 0 Å². The number of oxazole rings is 1. The molecule has 3 heteroatoms. The fourth-order valence-electron chi connectivity index (χ4n) is 3.52. The van der Waals surface area contributed by atoms with Crippen molar-refractivity contribution in [3.63, 3.8) is 0 Å². The summed E-state index contributed by atoms with van der Waals surface area (Å²) in [5.74, 6) is 0.816. The fourth-order valence-corrected chi connectivity index (χ4v) is 18.5. The van der Waals surface area contributed by atoms with Crippen LogP contribution in [0, 0.1) is 0 Å². The van der Waals surface area contributed by atoms with Gasteiger partial charge in [-0.25, -0.2) is 0 Å². The summed E-state index contributed by atoms with van der Waals surface area (Å²) in [6.45, 7) is 6.93. The van der Waals surface area contributed by atoms with Crippen LogP contribution in [-0.2, 0) is 0 Å². The fraction of sp³-hybridized carbons (Fsp3) is 0.571. The molecule has 24 heavy (non-hydrogen) atoms. The maximum absolute atomic E-state index is 6.41. The van der Waals surface area contributed by atoms with Gasteiger partial charge in [0.2, 0.25) is 0 Å². The van der Waals surface area contributed by atoms with E-state index < -0.39 is 18.4 Å². The second-order valence-electron chi connectivity index (χ2n) is 6.99. The summed E-state index contributed by atoms with van der Waals surface area (Å²) in [4.78, 5) is 4.66. The van der Waals surface area contributed by atoms with Crippen molar-refractivity contribution in [1.29, 1.82) is 0 Å². The predicted molar refractivity (Wildman–Crippen MR) is 106 cm³/mol. The van der Waals surface area contributed by atoms with Crippen molar-refractivity contribution in [2.45, 2.75) is 72.6 Å². The number of unbranched alkanes of at least 4 members (excludes halogenated alkanes) is 3. The van der Waals surface area contributed by atoms with Crippen LogP contribution in [0.15, 0.2) is 40.9 Å². The van der Waals surface area contributed by atoms with Gasteiger partial charge in [-0.1, -0.05) is 0 Å². The summed E-state index contributed by atoms with van der Waals surface area (Å²) >= 11 is -2.47. The molecule has 1 heterocycles.